The van der Waals surface area contributed by atoms with E-state index in [0.29, 0.717) is 12.2 Å². The Hall–Kier alpha value is -2.43. The molecule has 3 aromatic rings. The van der Waals surface area contributed by atoms with Gasteiger partial charge in [-0.15, -0.1) is 11.3 Å². The van der Waals surface area contributed by atoms with Crippen LogP contribution in [0, 0.1) is 0 Å². The van der Waals surface area contributed by atoms with Crippen LogP contribution in [-0.4, -0.2) is 13.0 Å². The molecule has 26 heavy (non-hydrogen) atoms. The van der Waals surface area contributed by atoms with Crippen molar-refractivity contribution in [1.29, 1.82) is 0 Å². The van der Waals surface area contributed by atoms with Gasteiger partial charge in [0.1, 0.15) is 0 Å². The number of thiophene rings is 1. The minimum absolute atomic E-state index is 0.0769. The van der Waals surface area contributed by atoms with Crippen molar-refractivity contribution in [2.45, 2.75) is 26.0 Å². The number of carbonyl (C=O) groups excluding carboxylic acids is 1. The van der Waals surface area contributed by atoms with Gasteiger partial charge in [0.2, 0.25) is 0 Å². The Balaban J connectivity index is 1.82. The van der Waals surface area contributed by atoms with Crippen LogP contribution in [0.1, 0.15) is 44.9 Å². The summed E-state index contributed by atoms with van der Waals surface area (Å²) in [6, 6.07) is 19.9. The van der Waals surface area contributed by atoms with Crippen molar-refractivity contribution in [2.75, 3.05) is 7.11 Å². The molecule has 0 aliphatic heterocycles. The van der Waals surface area contributed by atoms with Crippen LogP contribution in [0.5, 0.6) is 0 Å². The SMILES string of the molecule is CCc1ccc(C(NC(=O)c2ccc(COC)cc2)c2cccs2)cc1. The van der Waals surface area contributed by atoms with E-state index in [-0.39, 0.29) is 11.9 Å². The van der Waals surface area contributed by atoms with Gasteiger partial charge < -0.3 is 10.1 Å². The number of rotatable bonds is 7. The molecule has 0 bridgehead atoms. The van der Waals surface area contributed by atoms with Crippen LogP contribution in [0.15, 0.2) is 66.0 Å². The van der Waals surface area contributed by atoms with Gasteiger partial charge in [-0.1, -0.05) is 49.4 Å². The van der Waals surface area contributed by atoms with Crippen molar-refractivity contribution in [3.8, 4) is 0 Å². The summed E-state index contributed by atoms with van der Waals surface area (Å²) in [4.78, 5) is 13.9. The molecule has 0 aliphatic rings. The molecule has 0 radical (unpaired) electrons. The molecular formula is C22H23NO2S. The Morgan fingerprint density at radius 3 is 2.31 bits per heavy atom. The summed E-state index contributed by atoms with van der Waals surface area (Å²) in [7, 11) is 1.66. The number of carbonyl (C=O) groups is 1. The van der Waals surface area contributed by atoms with E-state index in [0.717, 1.165) is 22.4 Å². The first kappa shape index (κ1) is 18.4. The topological polar surface area (TPSA) is 38.3 Å². The monoisotopic (exact) mass is 365 g/mol. The van der Waals surface area contributed by atoms with Crippen molar-refractivity contribution < 1.29 is 9.53 Å². The van der Waals surface area contributed by atoms with Crippen molar-refractivity contribution in [3.05, 3.63) is 93.2 Å². The largest absolute Gasteiger partial charge is 0.380 e. The number of amides is 1. The Bertz CT molecular complexity index is 824. The van der Waals surface area contributed by atoms with E-state index >= 15 is 0 Å². The van der Waals surface area contributed by atoms with Crippen LogP contribution >= 0.6 is 11.3 Å². The molecule has 1 heterocycles. The normalized spacial score (nSPS) is 11.9. The second-order valence-corrected chi connectivity index (χ2v) is 7.13. The van der Waals surface area contributed by atoms with Crippen LogP contribution in [0.25, 0.3) is 0 Å². The molecule has 0 spiro atoms. The first-order chi connectivity index (χ1) is 12.7. The van der Waals surface area contributed by atoms with E-state index in [1.807, 2.05) is 35.7 Å². The van der Waals surface area contributed by atoms with Gasteiger partial charge >= 0.3 is 0 Å². The number of aryl methyl sites for hydroxylation is 1. The Morgan fingerprint density at radius 2 is 1.73 bits per heavy atom. The van der Waals surface area contributed by atoms with E-state index in [9.17, 15) is 4.79 Å². The van der Waals surface area contributed by atoms with Gasteiger partial charge in [-0.05, 0) is 46.7 Å². The molecule has 1 amide bonds. The molecular weight excluding hydrogens is 342 g/mol. The molecule has 1 atom stereocenters. The summed E-state index contributed by atoms with van der Waals surface area (Å²) in [6.07, 6.45) is 1.00. The van der Waals surface area contributed by atoms with Gasteiger partial charge in [0.15, 0.2) is 0 Å². The van der Waals surface area contributed by atoms with Crippen LogP contribution in [0.3, 0.4) is 0 Å². The lowest BCUT2D eigenvalue weighted by Crippen LogP contribution is -2.28. The van der Waals surface area contributed by atoms with E-state index in [1.54, 1.807) is 18.4 Å². The maximum absolute atomic E-state index is 12.8. The van der Waals surface area contributed by atoms with E-state index in [2.05, 4.69) is 42.6 Å². The highest BCUT2D eigenvalue weighted by molar-refractivity contribution is 7.10. The summed E-state index contributed by atoms with van der Waals surface area (Å²) in [6.45, 7) is 2.68. The lowest BCUT2D eigenvalue weighted by atomic mass is 10.0. The predicted octanol–water partition coefficient (Wildman–Crippen LogP) is 4.98. The number of benzene rings is 2. The van der Waals surface area contributed by atoms with Gasteiger partial charge in [0, 0.05) is 17.6 Å². The first-order valence-corrected chi connectivity index (χ1v) is 9.60. The Labute approximate surface area is 158 Å². The standard InChI is InChI=1S/C22H23NO2S/c1-3-16-6-10-18(11-7-16)21(20-5-4-14-26-20)23-22(24)19-12-8-17(9-13-19)15-25-2/h4-14,21H,3,15H2,1-2H3,(H,23,24). The third kappa shape index (κ3) is 4.40. The van der Waals surface area contributed by atoms with Gasteiger partial charge in [0.25, 0.3) is 5.91 Å². The zero-order chi connectivity index (χ0) is 18.4. The third-order valence-corrected chi connectivity index (χ3v) is 5.29. The van der Waals surface area contributed by atoms with Crippen molar-refractivity contribution >= 4 is 17.2 Å². The molecule has 3 nitrogen and oxygen atoms in total. The second kappa shape index (κ2) is 8.79. The highest BCUT2D eigenvalue weighted by Gasteiger charge is 2.18. The number of ether oxygens (including phenoxy) is 1. The maximum Gasteiger partial charge on any atom is 0.252 e. The minimum Gasteiger partial charge on any atom is -0.380 e. The molecule has 0 saturated carbocycles. The van der Waals surface area contributed by atoms with Crippen LogP contribution in [-0.2, 0) is 17.8 Å². The van der Waals surface area contributed by atoms with Crippen molar-refractivity contribution in [3.63, 3.8) is 0 Å². The fourth-order valence-electron chi connectivity index (χ4n) is 2.85. The van der Waals surface area contributed by atoms with E-state index in [4.69, 9.17) is 4.74 Å². The molecule has 4 heteroatoms. The molecule has 1 unspecified atom stereocenters. The molecule has 134 valence electrons. The quantitative estimate of drug-likeness (QED) is 0.641. The molecule has 0 aliphatic carbocycles. The van der Waals surface area contributed by atoms with Gasteiger partial charge in [-0.2, -0.15) is 0 Å². The van der Waals surface area contributed by atoms with Crippen LogP contribution < -0.4 is 5.32 Å². The van der Waals surface area contributed by atoms with Gasteiger partial charge in [-0.25, -0.2) is 0 Å². The molecule has 1 N–H and O–H groups in total. The Morgan fingerprint density at radius 1 is 1.04 bits per heavy atom. The van der Waals surface area contributed by atoms with Crippen LogP contribution in [0.4, 0.5) is 0 Å². The third-order valence-electron chi connectivity index (χ3n) is 4.35. The zero-order valence-electron chi connectivity index (χ0n) is 15.1. The van der Waals surface area contributed by atoms with Crippen LogP contribution in [0.2, 0.25) is 0 Å². The summed E-state index contributed by atoms with van der Waals surface area (Å²) >= 11 is 1.65. The predicted molar refractivity (Wildman–Crippen MR) is 107 cm³/mol. The lowest BCUT2D eigenvalue weighted by molar-refractivity contribution is 0.0943. The minimum atomic E-state index is -0.146. The smallest absolute Gasteiger partial charge is 0.252 e. The van der Waals surface area contributed by atoms with E-state index < -0.39 is 0 Å². The fourth-order valence-corrected chi connectivity index (χ4v) is 3.66. The maximum atomic E-state index is 12.8. The second-order valence-electron chi connectivity index (χ2n) is 6.15. The summed E-state index contributed by atoms with van der Waals surface area (Å²) in [5.41, 5.74) is 4.08. The number of methoxy groups -OCH3 is 1. The summed E-state index contributed by atoms with van der Waals surface area (Å²) in [5.74, 6) is -0.0769. The summed E-state index contributed by atoms with van der Waals surface area (Å²) < 4.78 is 5.12. The van der Waals surface area contributed by atoms with E-state index in [1.165, 1.54) is 5.56 Å². The van der Waals surface area contributed by atoms with Crippen molar-refractivity contribution in [2.24, 2.45) is 0 Å². The molecule has 2 aromatic carbocycles. The van der Waals surface area contributed by atoms with Gasteiger partial charge in [0.05, 0.1) is 12.6 Å². The summed E-state index contributed by atoms with van der Waals surface area (Å²) in [5, 5.41) is 5.22. The zero-order valence-corrected chi connectivity index (χ0v) is 15.9. The molecule has 0 saturated heterocycles. The molecule has 1 aromatic heterocycles. The average molecular weight is 365 g/mol. The Kier molecular flexibility index (Phi) is 6.21. The molecule has 3 rings (SSSR count). The number of hydrogen-bond acceptors (Lipinski definition) is 3. The highest BCUT2D eigenvalue weighted by atomic mass is 32.1. The fraction of sp³-hybridized carbons (Fsp3) is 0.227. The molecule has 0 fully saturated rings. The number of nitrogens with one attached hydrogen (secondary N) is 1. The van der Waals surface area contributed by atoms with Crippen molar-refractivity contribution in [1.82, 2.24) is 5.32 Å². The lowest BCUT2D eigenvalue weighted by Gasteiger charge is -2.19. The first-order valence-electron chi connectivity index (χ1n) is 8.72. The van der Waals surface area contributed by atoms with Gasteiger partial charge in [-0.3, -0.25) is 4.79 Å². The average Bonchev–Trinajstić information content (AvgIpc) is 3.21. The number of hydrogen-bond donors (Lipinski definition) is 1. The highest BCUT2D eigenvalue weighted by Crippen LogP contribution is 2.27.